The molecular formula is C17H24O2. The number of benzene rings is 1. The Morgan fingerprint density at radius 1 is 1.32 bits per heavy atom. The molecule has 0 spiro atoms. The van der Waals surface area contributed by atoms with Gasteiger partial charge in [-0.25, -0.2) is 0 Å². The number of hydrogen-bond donors (Lipinski definition) is 1. The van der Waals surface area contributed by atoms with E-state index in [0.717, 1.165) is 29.5 Å². The van der Waals surface area contributed by atoms with Crippen molar-refractivity contribution in [1.29, 1.82) is 0 Å². The van der Waals surface area contributed by atoms with Crippen LogP contribution >= 0.6 is 0 Å². The van der Waals surface area contributed by atoms with E-state index in [4.69, 9.17) is 0 Å². The fraction of sp³-hybridized carbons (Fsp3) is 0.588. The molecule has 0 radical (unpaired) electrons. The second kappa shape index (κ2) is 5.46. The number of carbonyl (C=O) groups is 1. The van der Waals surface area contributed by atoms with E-state index in [2.05, 4.69) is 19.1 Å². The third-order valence-corrected chi connectivity index (χ3v) is 4.48. The quantitative estimate of drug-likeness (QED) is 0.905. The normalized spacial score (nSPS) is 27.3. The van der Waals surface area contributed by atoms with Gasteiger partial charge in [-0.15, -0.1) is 0 Å². The minimum atomic E-state index is -1.08. The molecule has 2 nitrogen and oxygen atoms in total. The second-order valence-corrected chi connectivity index (χ2v) is 6.24. The highest BCUT2D eigenvalue weighted by Gasteiger charge is 2.38. The maximum atomic E-state index is 12.4. The third-order valence-electron chi connectivity index (χ3n) is 4.48. The minimum Gasteiger partial charge on any atom is -0.382 e. The molecule has 1 fully saturated rings. The zero-order valence-corrected chi connectivity index (χ0v) is 12.2. The summed E-state index contributed by atoms with van der Waals surface area (Å²) in [7, 11) is 0. The van der Waals surface area contributed by atoms with Gasteiger partial charge in [0.15, 0.2) is 5.78 Å². The molecule has 1 aromatic rings. The van der Waals surface area contributed by atoms with Crippen LogP contribution in [-0.2, 0) is 11.2 Å². The summed E-state index contributed by atoms with van der Waals surface area (Å²) in [6.07, 6.45) is 3.51. The van der Waals surface area contributed by atoms with Gasteiger partial charge in [-0.2, -0.15) is 0 Å². The third kappa shape index (κ3) is 3.24. The summed E-state index contributed by atoms with van der Waals surface area (Å²) in [6, 6.07) is 6.16. The lowest BCUT2D eigenvalue weighted by Gasteiger charge is -2.33. The Labute approximate surface area is 115 Å². The largest absolute Gasteiger partial charge is 0.382 e. The first kappa shape index (κ1) is 14.3. The summed E-state index contributed by atoms with van der Waals surface area (Å²) in [5.74, 6) is 0.627. The summed E-state index contributed by atoms with van der Waals surface area (Å²) in [4.78, 5) is 12.4. The van der Waals surface area contributed by atoms with Crippen LogP contribution in [0.3, 0.4) is 0 Å². The fourth-order valence-electron chi connectivity index (χ4n) is 2.85. The number of Topliss-reactive ketones (excluding diaryl/α,β-unsaturated/α-hetero) is 1. The van der Waals surface area contributed by atoms with Crippen LogP contribution in [0.5, 0.6) is 0 Å². The number of hydrogen-bond acceptors (Lipinski definition) is 2. The molecule has 0 unspecified atom stereocenters. The molecule has 104 valence electrons. The van der Waals surface area contributed by atoms with Gasteiger partial charge in [0, 0.05) is 6.42 Å². The zero-order valence-electron chi connectivity index (χ0n) is 12.2. The Morgan fingerprint density at radius 3 is 2.58 bits per heavy atom. The van der Waals surface area contributed by atoms with Crippen LogP contribution in [0.4, 0.5) is 0 Å². The van der Waals surface area contributed by atoms with E-state index in [1.165, 1.54) is 0 Å². The molecule has 19 heavy (non-hydrogen) atoms. The lowest BCUT2D eigenvalue weighted by atomic mass is 9.76. The lowest BCUT2D eigenvalue weighted by molar-refractivity contribution is -0.140. The Hall–Kier alpha value is -1.15. The second-order valence-electron chi connectivity index (χ2n) is 6.24. The maximum Gasteiger partial charge on any atom is 0.168 e. The van der Waals surface area contributed by atoms with Gasteiger partial charge in [-0.05, 0) is 56.6 Å². The highest BCUT2D eigenvalue weighted by atomic mass is 16.3. The van der Waals surface area contributed by atoms with Crippen LogP contribution in [0.2, 0.25) is 0 Å². The zero-order chi connectivity index (χ0) is 14.0. The van der Waals surface area contributed by atoms with Gasteiger partial charge in [0.2, 0.25) is 0 Å². The Morgan fingerprint density at radius 2 is 1.95 bits per heavy atom. The van der Waals surface area contributed by atoms with Gasteiger partial charge >= 0.3 is 0 Å². The molecular weight excluding hydrogens is 236 g/mol. The van der Waals surface area contributed by atoms with Gasteiger partial charge in [-0.3, -0.25) is 4.79 Å². The van der Waals surface area contributed by atoms with Crippen molar-refractivity contribution < 1.29 is 9.90 Å². The van der Waals surface area contributed by atoms with Gasteiger partial charge in [0.05, 0.1) is 0 Å². The van der Waals surface area contributed by atoms with Crippen molar-refractivity contribution in [2.75, 3.05) is 0 Å². The standard InChI is InChI=1S/C17H24O2/c1-12-6-8-17(19,9-7-12)16(18)11-15-10-13(2)4-5-14(15)3/h4-5,10,12,19H,6-9,11H2,1-3H3. The van der Waals surface area contributed by atoms with Crippen molar-refractivity contribution in [1.82, 2.24) is 0 Å². The molecule has 0 aromatic heterocycles. The van der Waals surface area contributed by atoms with E-state index in [1.807, 2.05) is 19.9 Å². The van der Waals surface area contributed by atoms with E-state index < -0.39 is 5.60 Å². The molecule has 1 saturated carbocycles. The highest BCUT2D eigenvalue weighted by Crippen LogP contribution is 2.33. The molecule has 1 aliphatic carbocycles. The number of carbonyl (C=O) groups excluding carboxylic acids is 1. The lowest BCUT2D eigenvalue weighted by Crippen LogP contribution is -2.42. The van der Waals surface area contributed by atoms with Crippen LogP contribution in [0.1, 0.15) is 49.3 Å². The number of ketones is 1. The van der Waals surface area contributed by atoms with Crippen molar-refractivity contribution in [2.24, 2.45) is 5.92 Å². The Kier molecular flexibility index (Phi) is 4.10. The fourth-order valence-corrected chi connectivity index (χ4v) is 2.85. The average molecular weight is 260 g/mol. The van der Waals surface area contributed by atoms with E-state index in [-0.39, 0.29) is 5.78 Å². The number of aliphatic hydroxyl groups is 1. The summed E-state index contributed by atoms with van der Waals surface area (Å²) >= 11 is 0. The monoisotopic (exact) mass is 260 g/mol. The van der Waals surface area contributed by atoms with Gasteiger partial charge < -0.3 is 5.11 Å². The molecule has 0 aliphatic heterocycles. The molecule has 1 aromatic carbocycles. The van der Waals surface area contributed by atoms with Crippen LogP contribution in [0.25, 0.3) is 0 Å². The van der Waals surface area contributed by atoms with Crippen LogP contribution in [0, 0.1) is 19.8 Å². The van der Waals surface area contributed by atoms with Crippen molar-refractivity contribution in [3.63, 3.8) is 0 Å². The number of rotatable bonds is 3. The first-order valence-electron chi connectivity index (χ1n) is 7.22. The van der Waals surface area contributed by atoms with E-state index in [0.29, 0.717) is 25.2 Å². The first-order chi connectivity index (χ1) is 8.90. The molecule has 0 bridgehead atoms. The van der Waals surface area contributed by atoms with E-state index >= 15 is 0 Å². The van der Waals surface area contributed by atoms with E-state index in [1.54, 1.807) is 0 Å². The number of aryl methyl sites for hydroxylation is 2. The van der Waals surface area contributed by atoms with Crippen molar-refractivity contribution in [3.8, 4) is 0 Å². The molecule has 0 heterocycles. The summed E-state index contributed by atoms with van der Waals surface area (Å²) in [5.41, 5.74) is 2.27. The SMILES string of the molecule is Cc1ccc(C)c(CC(=O)C2(O)CCC(C)CC2)c1. The van der Waals surface area contributed by atoms with Crippen LogP contribution in [0.15, 0.2) is 18.2 Å². The van der Waals surface area contributed by atoms with Gasteiger partial charge in [-0.1, -0.05) is 30.7 Å². The molecule has 2 rings (SSSR count). The van der Waals surface area contributed by atoms with Crippen molar-refractivity contribution >= 4 is 5.78 Å². The molecule has 1 N–H and O–H groups in total. The predicted octanol–water partition coefficient (Wildman–Crippen LogP) is 3.36. The van der Waals surface area contributed by atoms with E-state index in [9.17, 15) is 9.90 Å². The predicted molar refractivity (Wildman–Crippen MR) is 77.2 cm³/mol. The highest BCUT2D eigenvalue weighted by molar-refractivity contribution is 5.89. The maximum absolute atomic E-state index is 12.4. The summed E-state index contributed by atoms with van der Waals surface area (Å²) in [5, 5.41) is 10.5. The first-order valence-corrected chi connectivity index (χ1v) is 7.22. The minimum absolute atomic E-state index is 0.00639. The van der Waals surface area contributed by atoms with Crippen molar-refractivity contribution in [3.05, 3.63) is 34.9 Å². The molecule has 1 aliphatic rings. The van der Waals surface area contributed by atoms with Gasteiger partial charge in [0.1, 0.15) is 5.60 Å². The van der Waals surface area contributed by atoms with Crippen LogP contribution < -0.4 is 0 Å². The van der Waals surface area contributed by atoms with Crippen LogP contribution in [-0.4, -0.2) is 16.5 Å². The molecule has 0 amide bonds. The molecule has 0 saturated heterocycles. The average Bonchev–Trinajstić information content (AvgIpc) is 2.37. The van der Waals surface area contributed by atoms with Gasteiger partial charge in [0.25, 0.3) is 0 Å². The summed E-state index contributed by atoms with van der Waals surface area (Å²) in [6.45, 7) is 6.24. The summed E-state index contributed by atoms with van der Waals surface area (Å²) < 4.78 is 0. The smallest absolute Gasteiger partial charge is 0.168 e. The Balaban J connectivity index is 2.10. The van der Waals surface area contributed by atoms with Crippen molar-refractivity contribution in [2.45, 2.75) is 58.5 Å². The molecule has 0 atom stereocenters. The Bertz CT molecular complexity index is 468. The topological polar surface area (TPSA) is 37.3 Å². The molecule has 2 heteroatoms.